The van der Waals surface area contributed by atoms with E-state index in [4.69, 9.17) is 5.73 Å². The van der Waals surface area contributed by atoms with Crippen LogP contribution in [0.15, 0.2) is 18.2 Å². The van der Waals surface area contributed by atoms with Gasteiger partial charge in [0.1, 0.15) is 0 Å². The highest BCUT2D eigenvalue weighted by Crippen LogP contribution is 2.16. The maximum Gasteiger partial charge on any atom is 0.213 e. The molecule has 5 nitrogen and oxygen atoms in total. The van der Waals surface area contributed by atoms with Crippen molar-refractivity contribution in [2.45, 2.75) is 0 Å². The first-order chi connectivity index (χ1) is 6.29. The van der Waals surface area contributed by atoms with Crippen LogP contribution < -0.4 is 11.1 Å². The summed E-state index contributed by atoms with van der Waals surface area (Å²) in [6.45, 7) is 0. The summed E-state index contributed by atoms with van der Waals surface area (Å²) in [4.78, 5) is 17.1. The number of anilines is 2. The molecular weight excluding hydrogens is 168 g/mol. The van der Waals surface area contributed by atoms with E-state index >= 15 is 0 Å². The lowest BCUT2D eigenvalue weighted by atomic mass is 10.3. The monoisotopic (exact) mass is 176 g/mol. The summed E-state index contributed by atoms with van der Waals surface area (Å²) in [6.07, 6.45) is 0.571. The van der Waals surface area contributed by atoms with Crippen LogP contribution in [-0.2, 0) is 4.79 Å². The maximum atomic E-state index is 10.1. The molecule has 0 saturated carbocycles. The van der Waals surface area contributed by atoms with Crippen LogP contribution in [0, 0.1) is 0 Å². The fourth-order valence-corrected chi connectivity index (χ4v) is 1.15. The molecule has 0 saturated heterocycles. The van der Waals surface area contributed by atoms with Gasteiger partial charge in [-0.1, -0.05) is 0 Å². The number of nitrogens with two attached hydrogens (primary N) is 1. The Morgan fingerprint density at radius 3 is 3.15 bits per heavy atom. The number of fused-ring (bicyclic) bond motifs is 1. The number of nitrogen functional groups attached to an aromatic ring is 1. The number of rotatable bonds is 2. The van der Waals surface area contributed by atoms with Crippen molar-refractivity contribution in [2.24, 2.45) is 0 Å². The quantitative estimate of drug-likeness (QED) is 0.465. The van der Waals surface area contributed by atoms with Crippen molar-refractivity contribution < 1.29 is 4.79 Å². The highest BCUT2D eigenvalue weighted by molar-refractivity contribution is 5.82. The highest BCUT2D eigenvalue weighted by atomic mass is 16.1. The van der Waals surface area contributed by atoms with Crippen molar-refractivity contribution in [3.63, 3.8) is 0 Å². The van der Waals surface area contributed by atoms with Gasteiger partial charge in [-0.05, 0) is 18.2 Å². The second-order valence-corrected chi connectivity index (χ2v) is 2.62. The Morgan fingerprint density at radius 1 is 1.54 bits per heavy atom. The smallest absolute Gasteiger partial charge is 0.213 e. The van der Waals surface area contributed by atoms with Crippen molar-refractivity contribution >= 4 is 29.1 Å². The van der Waals surface area contributed by atoms with Crippen LogP contribution in [0.4, 0.5) is 11.6 Å². The number of carbonyl (C=O) groups is 1. The van der Waals surface area contributed by atoms with Crippen LogP contribution in [0.1, 0.15) is 0 Å². The number of hydrogen-bond acceptors (Lipinski definition) is 3. The number of aromatic nitrogens is 2. The zero-order valence-corrected chi connectivity index (χ0v) is 6.74. The van der Waals surface area contributed by atoms with Gasteiger partial charge in [0, 0.05) is 5.69 Å². The van der Waals surface area contributed by atoms with E-state index in [-0.39, 0.29) is 0 Å². The topological polar surface area (TPSA) is 83.8 Å². The minimum atomic E-state index is 0.426. The normalized spacial score (nSPS) is 10.2. The minimum absolute atomic E-state index is 0.426. The zero-order valence-electron chi connectivity index (χ0n) is 6.74. The van der Waals surface area contributed by atoms with Gasteiger partial charge in [-0.2, -0.15) is 0 Å². The third-order valence-corrected chi connectivity index (χ3v) is 1.70. The molecule has 1 aromatic carbocycles. The van der Waals surface area contributed by atoms with E-state index in [1.165, 1.54) is 0 Å². The first-order valence-corrected chi connectivity index (χ1v) is 3.75. The predicted octanol–water partition coefficient (Wildman–Crippen LogP) is 0.713. The molecule has 0 atom stereocenters. The lowest BCUT2D eigenvalue weighted by Crippen LogP contribution is -1.94. The average Bonchev–Trinajstić information content (AvgIpc) is 2.46. The molecule has 0 radical (unpaired) electrons. The van der Waals surface area contributed by atoms with Crippen LogP contribution in [0.3, 0.4) is 0 Å². The SMILES string of the molecule is Nc1ccc2nc(NC=O)[nH]c2c1. The molecule has 5 heteroatoms. The largest absolute Gasteiger partial charge is 0.399 e. The summed E-state index contributed by atoms with van der Waals surface area (Å²) in [6, 6.07) is 5.31. The Hall–Kier alpha value is -2.04. The lowest BCUT2D eigenvalue weighted by Gasteiger charge is -1.89. The van der Waals surface area contributed by atoms with Crippen molar-refractivity contribution in [1.29, 1.82) is 0 Å². The molecule has 2 rings (SSSR count). The number of nitrogens with zero attached hydrogens (tertiary/aromatic N) is 1. The van der Waals surface area contributed by atoms with Gasteiger partial charge in [-0.15, -0.1) is 0 Å². The summed E-state index contributed by atoms with van der Waals surface area (Å²) in [5.74, 6) is 0.426. The predicted molar refractivity (Wildman–Crippen MR) is 50.2 cm³/mol. The van der Waals surface area contributed by atoms with E-state index in [9.17, 15) is 4.79 Å². The first kappa shape index (κ1) is 7.60. The molecule has 0 bridgehead atoms. The van der Waals surface area contributed by atoms with Crippen LogP contribution in [0.25, 0.3) is 11.0 Å². The van der Waals surface area contributed by atoms with E-state index in [0.29, 0.717) is 18.0 Å². The number of benzene rings is 1. The summed E-state index contributed by atoms with van der Waals surface area (Å²) < 4.78 is 0. The number of carbonyl (C=O) groups excluding carboxylic acids is 1. The summed E-state index contributed by atoms with van der Waals surface area (Å²) in [5, 5.41) is 2.43. The molecular formula is C8H8N4O. The van der Waals surface area contributed by atoms with Crippen molar-refractivity contribution in [3.8, 4) is 0 Å². The van der Waals surface area contributed by atoms with E-state index < -0.39 is 0 Å². The van der Waals surface area contributed by atoms with E-state index in [2.05, 4.69) is 15.3 Å². The molecule has 2 aromatic rings. The summed E-state index contributed by atoms with van der Waals surface area (Å²) in [7, 11) is 0. The first-order valence-electron chi connectivity index (χ1n) is 3.75. The fraction of sp³-hybridized carbons (Fsp3) is 0. The molecule has 0 aliphatic rings. The van der Waals surface area contributed by atoms with Gasteiger partial charge in [-0.3, -0.25) is 10.1 Å². The molecule has 4 N–H and O–H groups in total. The molecule has 0 unspecified atom stereocenters. The second-order valence-electron chi connectivity index (χ2n) is 2.62. The van der Waals surface area contributed by atoms with Crippen molar-refractivity contribution in [2.75, 3.05) is 11.1 Å². The van der Waals surface area contributed by atoms with Crippen LogP contribution >= 0.6 is 0 Å². The Labute approximate surface area is 74.0 Å². The summed E-state index contributed by atoms with van der Waals surface area (Å²) >= 11 is 0. The molecule has 0 aliphatic carbocycles. The molecule has 13 heavy (non-hydrogen) atoms. The Bertz CT molecular complexity index is 448. The molecule has 1 amide bonds. The number of H-pyrrole nitrogens is 1. The number of amides is 1. The van der Waals surface area contributed by atoms with E-state index in [1.54, 1.807) is 18.2 Å². The molecule has 66 valence electrons. The molecule has 1 aromatic heterocycles. The van der Waals surface area contributed by atoms with Crippen molar-refractivity contribution in [1.82, 2.24) is 9.97 Å². The molecule has 0 spiro atoms. The number of imidazole rings is 1. The van der Waals surface area contributed by atoms with E-state index in [0.717, 1.165) is 11.0 Å². The van der Waals surface area contributed by atoms with E-state index in [1.807, 2.05) is 0 Å². The van der Waals surface area contributed by atoms with Crippen LogP contribution in [0.2, 0.25) is 0 Å². The van der Waals surface area contributed by atoms with Gasteiger partial charge in [0.25, 0.3) is 0 Å². The minimum Gasteiger partial charge on any atom is -0.399 e. The van der Waals surface area contributed by atoms with Crippen molar-refractivity contribution in [3.05, 3.63) is 18.2 Å². The Morgan fingerprint density at radius 2 is 2.38 bits per heavy atom. The van der Waals surface area contributed by atoms with Gasteiger partial charge in [0.05, 0.1) is 11.0 Å². The van der Waals surface area contributed by atoms with Crippen LogP contribution in [0.5, 0.6) is 0 Å². The van der Waals surface area contributed by atoms with Crippen LogP contribution in [-0.4, -0.2) is 16.4 Å². The van der Waals surface area contributed by atoms with Gasteiger partial charge in [-0.25, -0.2) is 4.98 Å². The molecule has 0 aliphatic heterocycles. The second kappa shape index (κ2) is 2.78. The lowest BCUT2D eigenvalue weighted by molar-refractivity contribution is -0.105. The number of hydrogen-bond donors (Lipinski definition) is 3. The third kappa shape index (κ3) is 1.31. The number of nitrogens with one attached hydrogen (secondary N) is 2. The summed E-state index contributed by atoms with van der Waals surface area (Å²) in [5.41, 5.74) is 7.82. The van der Waals surface area contributed by atoms with Gasteiger partial charge in [0.15, 0.2) is 0 Å². The Balaban J connectivity index is 2.55. The number of aromatic amines is 1. The third-order valence-electron chi connectivity index (χ3n) is 1.70. The Kier molecular flexibility index (Phi) is 1.63. The highest BCUT2D eigenvalue weighted by Gasteiger charge is 2.00. The molecule has 0 fully saturated rings. The fourth-order valence-electron chi connectivity index (χ4n) is 1.15. The average molecular weight is 176 g/mol. The van der Waals surface area contributed by atoms with Gasteiger partial charge < -0.3 is 10.7 Å². The molecule has 1 heterocycles. The maximum absolute atomic E-state index is 10.1. The van der Waals surface area contributed by atoms with Gasteiger partial charge in [0.2, 0.25) is 12.4 Å². The standard InChI is InChI=1S/C8H8N4O/c9-5-1-2-6-7(3-5)12-8(11-6)10-4-13/h1-4H,9H2,(H2,10,11,12,13). The van der Waals surface area contributed by atoms with Gasteiger partial charge >= 0.3 is 0 Å². The zero-order chi connectivity index (χ0) is 9.26.